The van der Waals surface area contributed by atoms with E-state index in [1.54, 1.807) is 106 Å². The Kier molecular flexibility index (Phi) is 22.1. The van der Waals surface area contributed by atoms with Crippen LogP contribution in [0.2, 0.25) is 0 Å². The number of nitrogens with zero attached hydrogens (tertiary/aromatic N) is 5. The number of aldehydes is 1. The molecule has 0 radical (unpaired) electrons. The molecule has 31 heteroatoms. The molecular formula is C52H62F12N6O13. The van der Waals surface area contributed by atoms with Gasteiger partial charge in [0.15, 0.2) is 17.5 Å². The van der Waals surface area contributed by atoms with Gasteiger partial charge in [-0.3, -0.25) is 9.69 Å². The summed E-state index contributed by atoms with van der Waals surface area (Å²) in [6.45, 7) is 17.5. The standard InChI is InChI=1S/C26H31F6N3O6.C18H21NO5.C8H10F6N2O2/c1-23(2,3)41-21(36)24(4,5)40-18-14-16(19-33-8-13-38-19)6-7-17(18)15-34-9-11-35(12-10-34)22(37)39-20(25(27,28)29)26(30,31)32;1-17(2,3)24-16(21)18(4,5)23-14-10-12(6-7-13(14)11-20)15-19-8-9-22-15;9-7(10,11)5(8(12,13)14)18-6(17)16-3-1-15-2-4-16/h6-8,13-14,20H,9-12,15H2,1-5H3;6-11H,1-5H3;5,15H,1-4H2. The largest absolute Gasteiger partial charge is 0.476 e. The van der Waals surface area contributed by atoms with Crippen LogP contribution >= 0.6 is 0 Å². The Balaban J connectivity index is 0.000000297. The molecule has 4 heterocycles. The zero-order chi connectivity index (χ0) is 62.7. The molecule has 2 aromatic heterocycles. The van der Waals surface area contributed by atoms with Crippen molar-refractivity contribution in [3.63, 3.8) is 0 Å². The lowest BCUT2D eigenvalue weighted by molar-refractivity contribution is -0.309. The monoisotopic (exact) mass is 1210 g/mol. The number of esters is 2. The zero-order valence-electron chi connectivity index (χ0n) is 46.4. The molecule has 2 saturated heterocycles. The van der Waals surface area contributed by atoms with Crippen LogP contribution in [0.5, 0.6) is 11.5 Å². The van der Waals surface area contributed by atoms with Crippen molar-refractivity contribution in [3.05, 3.63) is 72.4 Å². The van der Waals surface area contributed by atoms with Crippen LogP contribution in [0.4, 0.5) is 62.3 Å². The van der Waals surface area contributed by atoms with E-state index in [4.69, 9.17) is 27.8 Å². The summed E-state index contributed by atoms with van der Waals surface area (Å²) in [6, 6.07) is 9.97. The van der Waals surface area contributed by atoms with E-state index >= 15 is 0 Å². The van der Waals surface area contributed by atoms with Crippen molar-refractivity contribution in [1.82, 2.24) is 30.0 Å². The smallest absolute Gasteiger partial charge is 0.434 e. The second kappa shape index (κ2) is 26.9. The highest BCUT2D eigenvalue weighted by Gasteiger charge is 2.61. The summed E-state index contributed by atoms with van der Waals surface area (Å²) >= 11 is 0. The van der Waals surface area contributed by atoms with Gasteiger partial charge in [0, 0.05) is 75.6 Å². The fourth-order valence-corrected chi connectivity index (χ4v) is 7.10. The first-order valence-corrected chi connectivity index (χ1v) is 25.0. The van der Waals surface area contributed by atoms with Crippen molar-refractivity contribution in [1.29, 1.82) is 0 Å². The van der Waals surface area contributed by atoms with Crippen LogP contribution in [0.25, 0.3) is 22.9 Å². The van der Waals surface area contributed by atoms with E-state index in [0.717, 1.165) is 9.80 Å². The van der Waals surface area contributed by atoms with Crippen molar-refractivity contribution >= 4 is 30.4 Å². The van der Waals surface area contributed by atoms with Gasteiger partial charge in [-0.1, -0.05) is 6.07 Å². The Hall–Kier alpha value is -7.31. The molecule has 2 aliphatic heterocycles. The van der Waals surface area contributed by atoms with Crippen molar-refractivity contribution < 1.29 is 114 Å². The van der Waals surface area contributed by atoms with Crippen LogP contribution in [0.3, 0.4) is 0 Å². The Morgan fingerprint density at radius 1 is 0.566 bits per heavy atom. The number of hydrogen-bond acceptors (Lipinski definition) is 17. The fourth-order valence-electron chi connectivity index (χ4n) is 7.10. The molecular weight excluding hydrogens is 1140 g/mol. The van der Waals surface area contributed by atoms with Crippen LogP contribution in [0.15, 0.2) is 70.2 Å². The third kappa shape index (κ3) is 21.1. The number of piperazine rings is 2. The third-order valence-electron chi connectivity index (χ3n) is 11.1. The molecule has 0 unspecified atom stereocenters. The topological polar surface area (TPSA) is 215 Å². The van der Waals surface area contributed by atoms with E-state index in [0.29, 0.717) is 46.1 Å². The summed E-state index contributed by atoms with van der Waals surface area (Å²) in [5.74, 6) is 0.133. The molecule has 6 rings (SSSR count). The second-order valence-corrected chi connectivity index (χ2v) is 21.3. The second-order valence-electron chi connectivity index (χ2n) is 21.3. The van der Waals surface area contributed by atoms with E-state index in [1.807, 2.05) is 4.90 Å². The van der Waals surface area contributed by atoms with Crippen LogP contribution in [-0.2, 0) is 35.1 Å². The Morgan fingerprint density at radius 2 is 0.952 bits per heavy atom. The Morgan fingerprint density at radius 3 is 1.33 bits per heavy atom. The maximum absolute atomic E-state index is 12.8. The van der Waals surface area contributed by atoms with Gasteiger partial charge in [-0.25, -0.2) is 29.1 Å². The first kappa shape index (κ1) is 68.2. The maximum Gasteiger partial charge on any atom is 0.434 e. The minimum atomic E-state index is -5.80. The molecule has 19 nitrogen and oxygen atoms in total. The summed E-state index contributed by atoms with van der Waals surface area (Å²) in [6.07, 6.45) is -28.1. The molecule has 0 saturated carbocycles. The maximum atomic E-state index is 12.8. The van der Waals surface area contributed by atoms with Crippen LogP contribution in [-0.4, -0.2) is 167 Å². The summed E-state index contributed by atoms with van der Waals surface area (Å²) in [7, 11) is 0. The number of hydrogen-bond donors (Lipinski definition) is 1. The van der Waals surface area contributed by atoms with Crippen molar-refractivity contribution in [3.8, 4) is 34.4 Å². The molecule has 4 aromatic rings. The number of carbonyl (C=O) groups excluding carboxylic acids is 5. The predicted molar refractivity (Wildman–Crippen MR) is 266 cm³/mol. The van der Waals surface area contributed by atoms with Crippen LogP contribution < -0.4 is 14.8 Å². The van der Waals surface area contributed by atoms with Gasteiger partial charge in [-0.2, -0.15) is 52.7 Å². The van der Waals surface area contributed by atoms with Gasteiger partial charge in [-0.15, -0.1) is 0 Å². The van der Waals surface area contributed by atoms with Gasteiger partial charge in [0.25, 0.3) is 12.2 Å². The number of amides is 2. The van der Waals surface area contributed by atoms with E-state index in [1.165, 1.54) is 24.9 Å². The number of alkyl halides is 12. The zero-order valence-corrected chi connectivity index (χ0v) is 46.4. The molecule has 0 bridgehead atoms. The molecule has 2 aliphatic rings. The lowest BCUT2D eigenvalue weighted by Gasteiger charge is -2.35. The SMILES string of the molecule is CC(C)(C)OC(=O)C(C)(C)Oc1cc(-c2ncco2)ccc1C=O.CC(C)(C)OC(=O)C(C)(C)Oc1cc(-c2ncco2)ccc1CN1CCN(C(=O)OC(C(F)(F)F)C(F)(F)F)CC1.O=C(OC(C(F)(F)F)C(F)(F)F)N1CCNCC1. The number of nitrogens with one attached hydrogen (secondary N) is 1. The van der Waals surface area contributed by atoms with Crippen molar-refractivity contribution in [2.75, 3.05) is 52.4 Å². The number of rotatable bonds is 13. The summed E-state index contributed by atoms with van der Waals surface area (Å²) in [4.78, 5) is 71.3. The molecule has 2 aromatic carbocycles. The van der Waals surface area contributed by atoms with E-state index in [2.05, 4.69) is 24.8 Å². The number of benzene rings is 2. The van der Waals surface area contributed by atoms with Crippen LogP contribution in [0.1, 0.15) is 85.2 Å². The van der Waals surface area contributed by atoms with Crippen molar-refractivity contribution in [2.45, 2.75) is 135 Å². The first-order chi connectivity index (χ1) is 38.0. The molecule has 0 atom stereocenters. The summed E-state index contributed by atoms with van der Waals surface area (Å²) in [5.41, 5.74) is -1.94. The highest BCUT2D eigenvalue weighted by atomic mass is 19.4. The molecule has 2 amide bonds. The minimum absolute atomic E-state index is 0.00126. The lowest BCUT2D eigenvalue weighted by atomic mass is 10.1. The molecule has 83 heavy (non-hydrogen) atoms. The molecule has 462 valence electrons. The number of ether oxygens (including phenoxy) is 6. The van der Waals surface area contributed by atoms with Gasteiger partial charge in [0.2, 0.25) is 11.8 Å². The molecule has 2 fully saturated rings. The predicted octanol–water partition coefficient (Wildman–Crippen LogP) is 10.8. The van der Waals surface area contributed by atoms with Gasteiger partial charge in [-0.05, 0) is 99.6 Å². The van der Waals surface area contributed by atoms with Crippen molar-refractivity contribution in [2.24, 2.45) is 0 Å². The highest BCUT2D eigenvalue weighted by Crippen LogP contribution is 2.38. The number of carbonyl (C=O) groups is 5. The summed E-state index contributed by atoms with van der Waals surface area (Å²) in [5, 5.41) is 2.79. The molecule has 1 N–H and O–H groups in total. The van der Waals surface area contributed by atoms with Crippen LogP contribution in [0, 0.1) is 0 Å². The number of oxazole rings is 2. The van der Waals surface area contributed by atoms with Gasteiger partial charge in [0.1, 0.15) is 35.2 Å². The Labute approximate surface area is 467 Å². The normalized spacial score (nSPS) is 15.1. The fraction of sp³-hybridized carbons (Fsp3) is 0.558. The molecule has 0 aliphatic carbocycles. The van der Waals surface area contributed by atoms with E-state index in [9.17, 15) is 76.7 Å². The Bertz CT molecular complexity index is 2750. The molecule has 0 spiro atoms. The lowest BCUT2D eigenvalue weighted by Crippen LogP contribution is -2.52. The number of halogens is 12. The average Bonchev–Trinajstić information content (AvgIpc) is 4.24. The van der Waals surface area contributed by atoms with Gasteiger partial charge in [0.05, 0.1) is 18.0 Å². The van der Waals surface area contributed by atoms with Gasteiger partial charge >= 0.3 is 48.8 Å². The highest BCUT2D eigenvalue weighted by molar-refractivity contribution is 5.83. The average molecular weight is 1210 g/mol. The first-order valence-electron chi connectivity index (χ1n) is 25.0. The quantitative estimate of drug-likeness (QED) is 0.0570. The number of aromatic nitrogens is 2. The summed E-state index contributed by atoms with van der Waals surface area (Å²) < 4.78 is 190. The van der Waals surface area contributed by atoms with E-state index < -0.39 is 83.4 Å². The van der Waals surface area contributed by atoms with E-state index in [-0.39, 0.29) is 64.7 Å². The minimum Gasteiger partial charge on any atom is -0.476 e. The van der Waals surface area contributed by atoms with Gasteiger partial charge < -0.3 is 52.4 Å². The third-order valence-corrected chi connectivity index (χ3v) is 11.1.